The molecule has 0 aliphatic heterocycles. The highest BCUT2D eigenvalue weighted by molar-refractivity contribution is 5.55. The van der Waals surface area contributed by atoms with Crippen molar-refractivity contribution in [2.75, 3.05) is 0 Å². The molecular formula is C9H5F3N2O3. The topological polar surface area (TPSA) is 68.1 Å². The van der Waals surface area contributed by atoms with Crippen molar-refractivity contribution in [3.8, 4) is 17.1 Å². The fourth-order valence-electron chi connectivity index (χ4n) is 1.17. The van der Waals surface area contributed by atoms with E-state index >= 15 is 0 Å². The largest absolute Gasteiger partial charge is 0.573 e. The summed E-state index contributed by atoms with van der Waals surface area (Å²) in [6.07, 6.45) is -4.73. The molecule has 0 saturated heterocycles. The second-order valence-electron chi connectivity index (χ2n) is 3.02. The summed E-state index contributed by atoms with van der Waals surface area (Å²) in [7, 11) is 0. The van der Waals surface area contributed by atoms with E-state index in [2.05, 4.69) is 19.4 Å². The SMILES string of the molecule is O=c1[nH]c(-c2ccc(OC(F)(F)F)cc2)no1. The van der Waals surface area contributed by atoms with E-state index in [1.165, 1.54) is 12.1 Å². The molecule has 0 amide bonds. The number of nitrogens with one attached hydrogen (secondary N) is 1. The lowest BCUT2D eigenvalue weighted by Gasteiger charge is -2.08. The summed E-state index contributed by atoms with van der Waals surface area (Å²) < 4.78 is 43.6. The van der Waals surface area contributed by atoms with Crippen molar-refractivity contribution in [1.29, 1.82) is 0 Å². The number of aromatic amines is 1. The number of H-pyrrole nitrogens is 1. The maximum Gasteiger partial charge on any atom is 0.573 e. The third-order valence-electron chi connectivity index (χ3n) is 1.80. The Morgan fingerprint density at radius 1 is 1.24 bits per heavy atom. The van der Waals surface area contributed by atoms with Crippen molar-refractivity contribution in [1.82, 2.24) is 10.1 Å². The van der Waals surface area contributed by atoms with Crippen molar-refractivity contribution in [2.24, 2.45) is 0 Å². The Labute approximate surface area is 91.8 Å². The standard InChI is InChI=1S/C9H5F3N2O3/c10-9(11,12)16-6-3-1-5(2-4-6)7-13-8(15)17-14-7/h1-4H,(H,13,14,15). The summed E-state index contributed by atoms with van der Waals surface area (Å²) >= 11 is 0. The van der Waals surface area contributed by atoms with Crippen molar-refractivity contribution in [2.45, 2.75) is 6.36 Å². The zero-order valence-electron chi connectivity index (χ0n) is 8.12. The van der Waals surface area contributed by atoms with Gasteiger partial charge in [0.1, 0.15) is 5.75 Å². The Balaban J connectivity index is 2.21. The molecule has 0 saturated carbocycles. The van der Waals surface area contributed by atoms with Crippen molar-refractivity contribution >= 4 is 0 Å². The second kappa shape index (κ2) is 3.96. The molecule has 1 N–H and O–H groups in total. The lowest BCUT2D eigenvalue weighted by Crippen LogP contribution is -2.16. The lowest BCUT2D eigenvalue weighted by molar-refractivity contribution is -0.274. The average molecular weight is 246 g/mol. The van der Waals surface area contributed by atoms with Crippen LogP contribution in [0.1, 0.15) is 0 Å². The van der Waals surface area contributed by atoms with Gasteiger partial charge in [-0.15, -0.1) is 13.2 Å². The van der Waals surface area contributed by atoms with Gasteiger partial charge in [-0.05, 0) is 24.3 Å². The maximum atomic E-state index is 11.9. The molecule has 90 valence electrons. The highest BCUT2D eigenvalue weighted by atomic mass is 19.4. The van der Waals surface area contributed by atoms with Gasteiger partial charge in [0.15, 0.2) is 5.82 Å². The highest BCUT2D eigenvalue weighted by Crippen LogP contribution is 2.24. The van der Waals surface area contributed by atoms with E-state index in [1.54, 1.807) is 0 Å². The van der Waals surface area contributed by atoms with Crippen LogP contribution in [0.15, 0.2) is 33.6 Å². The van der Waals surface area contributed by atoms with Crippen LogP contribution >= 0.6 is 0 Å². The number of hydrogen-bond acceptors (Lipinski definition) is 4. The molecule has 0 bridgehead atoms. The van der Waals surface area contributed by atoms with Crippen LogP contribution in [-0.2, 0) is 0 Å². The van der Waals surface area contributed by atoms with Crippen molar-refractivity contribution in [3.63, 3.8) is 0 Å². The minimum atomic E-state index is -4.73. The van der Waals surface area contributed by atoms with Crippen LogP contribution in [0.25, 0.3) is 11.4 Å². The second-order valence-corrected chi connectivity index (χ2v) is 3.02. The molecule has 1 aromatic heterocycles. The van der Waals surface area contributed by atoms with Gasteiger partial charge in [-0.3, -0.25) is 9.51 Å². The van der Waals surface area contributed by atoms with Crippen molar-refractivity contribution in [3.05, 3.63) is 34.8 Å². The van der Waals surface area contributed by atoms with Crippen LogP contribution in [0, 0.1) is 0 Å². The van der Waals surface area contributed by atoms with Gasteiger partial charge in [-0.25, -0.2) is 4.79 Å². The molecule has 2 rings (SSSR count). The Hall–Kier alpha value is -2.25. The molecule has 0 aliphatic rings. The van der Waals surface area contributed by atoms with Gasteiger partial charge in [0.25, 0.3) is 0 Å². The molecule has 0 aliphatic carbocycles. The van der Waals surface area contributed by atoms with E-state index in [-0.39, 0.29) is 11.6 Å². The lowest BCUT2D eigenvalue weighted by atomic mass is 10.2. The molecule has 17 heavy (non-hydrogen) atoms. The molecule has 2 aromatic rings. The Morgan fingerprint density at radius 2 is 1.88 bits per heavy atom. The normalized spacial score (nSPS) is 11.5. The molecule has 1 heterocycles. The predicted octanol–water partition coefficient (Wildman–Crippen LogP) is 1.93. The molecule has 0 unspecified atom stereocenters. The van der Waals surface area contributed by atoms with E-state index in [0.717, 1.165) is 12.1 Å². The molecule has 0 spiro atoms. The number of aromatic nitrogens is 2. The van der Waals surface area contributed by atoms with Crippen LogP contribution in [0.2, 0.25) is 0 Å². The molecule has 5 nitrogen and oxygen atoms in total. The minimum absolute atomic E-state index is 0.133. The van der Waals surface area contributed by atoms with Gasteiger partial charge >= 0.3 is 12.1 Å². The zero-order chi connectivity index (χ0) is 12.5. The molecule has 0 atom stereocenters. The number of rotatable bonds is 2. The summed E-state index contributed by atoms with van der Waals surface area (Å²) in [6.45, 7) is 0. The summed E-state index contributed by atoms with van der Waals surface area (Å²) in [5.41, 5.74) is 0.408. The quantitative estimate of drug-likeness (QED) is 0.879. The third-order valence-corrected chi connectivity index (χ3v) is 1.80. The Morgan fingerprint density at radius 3 is 2.35 bits per heavy atom. The summed E-state index contributed by atoms with van der Waals surface area (Å²) in [5, 5.41) is 3.38. The number of benzene rings is 1. The van der Waals surface area contributed by atoms with E-state index in [4.69, 9.17) is 0 Å². The first kappa shape index (κ1) is 11.2. The first-order valence-corrected chi connectivity index (χ1v) is 4.36. The molecule has 0 fully saturated rings. The van der Waals surface area contributed by atoms with Gasteiger partial charge in [0, 0.05) is 5.56 Å². The van der Waals surface area contributed by atoms with E-state index in [9.17, 15) is 18.0 Å². The van der Waals surface area contributed by atoms with E-state index < -0.39 is 12.1 Å². The van der Waals surface area contributed by atoms with Crippen LogP contribution in [0.3, 0.4) is 0 Å². The summed E-state index contributed by atoms with van der Waals surface area (Å²) in [4.78, 5) is 12.9. The van der Waals surface area contributed by atoms with Gasteiger partial charge in [0.2, 0.25) is 0 Å². The fraction of sp³-hybridized carbons (Fsp3) is 0.111. The van der Waals surface area contributed by atoms with Crippen molar-refractivity contribution < 1.29 is 22.4 Å². The number of hydrogen-bond donors (Lipinski definition) is 1. The van der Waals surface area contributed by atoms with Crippen LogP contribution in [0.5, 0.6) is 5.75 Å². The molecule has 1 aromatic carbocycles. The summed E-state index contributed by atoms with van der Waals surface area (Å²) in [5.74, 6) is -0.962. The smallest absolute Gasteiger partial charge is 0.406 e. The van der Waals surface area contributed by atoms with Gasteiger partial charge in [-0.2, -0.15) is 0 Å². The van der Waals surface area contributed by atoms with Crippen LogP contribution in [-0.4, -0.2) is 16.5 Å². The summed E-state index contributed by atoms with van der Waals surface area (Å²) in [6, 6.07) is 4.84. The van der Waals surface area contributed by atoms with Crippen LogP contribution in [0.4, 0.5) is 13.2 Å². The maximum absolute atomic E-state index is 11.9. The average Bonchev–Trinajstić information content (AvgIpc) is 2.63. The monoisotopic (exact) mass is 246 g/mol. The highest BCUT2D eigenvalue weighted by Gasteiger charge is 2.30. The molecule has 0 radical (unpaired) electrons. The Bertz CT molecular complexity index is 556. The predicted molar refractivity (Wildman–Crippen MR) is 49.2 cm³/mol. The number of halogens is 3. The molecular weight excluding hydrogens is 241 g/mol. The van der Waals surface area contributed by atoms with E-state index in [0.29, 0.717) is 5.56 Å². The third kappa shape index (κ3) is 2.86. The first-order chi connectivity index (χ1) is 7.94. The van der Waals surface area contributed by atoms with Gasteiger partial charge in [-0.1, -0.05) is 5.16 Å². The minimum Gasteiger partial charge on any atom is -0.406 e. The van der Waals surface area contributed by atoms with E-state index in [1.807, 2.05) is 0 Å². The number of alkyl halides is 3. The number of ether oxygens (including phenoxy) is 1. The van der Waals surface area contributed by atoms with Gasteiger partial charge in [0.05, 0.1) is 0 Å². The number of nitrogens with zero attached hydrogens (tertiary/aromatic N) is 1. The van der Waals surface area contributed by atoms with Crippen LogP contribution < -0.4 is 10.5 Å². The zero-order valence-corrected chi connectivity index (χ0v) is 8.12. The fourth-order valence-corrected chi connectivity index (χ4v) is 1.17. The molecule has 8 heteroatoms. The Kier molecular flexibility index (Phi) is 2.62. The van der Waals surface area contributed by atoms with Gasteiger partial charge < -0.3 is 4.74 Å². The first-order valence-electron chi connectivity index (χ1n) is 4.36.